The van der Waals surface area contributed by atoms with Gasteiger partial charge in [0.05, 0.1) is 5.75 Å². The van der Waals surface area contributed by atoms with Gasteiger partial charge in [0, 0.05) is 6.04 Å². The van der Waals surface area contributed by atoms with Crippen LogP contribution >= 0.6 is 23.1 Å². The molecule has 2 N–H and O–H groups in total. The van der Waals surface area contributed by atoms with Gasteiger partial charge in [-0.3, -0.25) is 10.1 Å². The van der Waals surface area contributed by atoms with Gasteiger partial charge in [0.25, 0.3) is 0 Å². The fraction of sp³-hybridized carbons (Fsp3) is 0.500. The van der Waals surface area contributed by atoms with E-state index in [-0.39, 0.29) is 17.7 Å². The summed E-state index contributed by atoms with van der Waals surface area (Å²) in [7, 11) is 0. The Morgan fingerprint density at radius 2 is 2.38 bits per heavy atom. The number of amides is 3. The van der Waals surface area contributed by atoms with Crippen LogP contribution in [0.3, 0.4) is 0 Å². The number of hydrogen-bond donors (Lipinski definition) is 2. The molecule has 1 aliphatic carbocycles. The molecule has 0 unspecified atom stereocenters. The highest BCUT2D eigenvalue weighted by molar-refractivity contribution is 8.01. The lowest BCUT2D eigenvalue weighted by Crippen LogP contribution is -2.41. The molecular weight excluding hydrogens is 248 g/mol. The number of carbonyl (C=O) groups excluding carboxylic acids is 2. The monoisotopic (exact) mass is 258 g/mol. The van der Waals surface area contributed by atoms with Crippen LogP contribution in [0.5, 0.6) is 0 Å². The van der Waals surface area contributed by atoms with E-state index < -0.39 is 6.03 Å². The minimum Gasteiger partial charge on any atom is -0.335 e. The Kier molecular flexibility index (Phi) is 3.73. The van der Waals surface area contributed by atoms with Gasteiger partial charge >= 0.3 is 6.03 Å². The topological polar surface area (TPSA) is 84.0 Å². The molecule has 1 aliphatic rings. The maximum Gasteiger partial charge on any atom is 0.321 e. The molecule has 0 aromatic carbocycles. The van der Waals surface area contributed by atoms with E-state index in [9.17, 15) is 9.59 Å². The van der Waals surface area contributed by atoms with Crippen molar-refractivity contribution in [2.75, 3.05) is 5.75 Å². The van der Waals surface area contributed by atoms with Crippen molar-refractivity contribution in [3.05, 3.63) is 5.51 Å². The maximum atomic E-state index is 11.3. The quantitative estimate of drug-likeness (QED) is 0.773. The Balaban J connectivity index is 1.65. The first-order valence-corrected chi connectivity index (χ1v) is 6.60. The van der Waals surface area contributed by atoms with Gasteiger partial charge in [0.15, 0.2) is 4.34 Å². The maximum absolute atomic E-state index is 11.3. The lowest BCUT2D eigenvalue weighted by molar-refractivity contribution is -0.117. The number of imide groups is 1. The van der Waals surface area contributed by atoms with Gasteiger partial charge in [-0.2, -0.15) is 0 Å². The van der Waals surface area contributed by atoms with Gasteiger partial charge < -0.3 is 5.32 Å². The van der Waals surface area contributed by atoms with Crippen molar-refractivity contribution >= 4 is 35.0 Å². The average Bonchev–Trinajstić information content (AvgIpc) is 2.89. The van der Waals surface area contributed by atoms with Crippen LogP contribution in [0.4, 0.5) is 4.79 Å². The zero-order valence-corrected chi connectivity index (χ0v) is 9.94. The molecule has 0 saturated heterocycles. The second kappa shape index (κ2) is 5.26. The highest BCUT2D eigenvalue weighted by Gasteiger charge is 2.23. The molecule has 0 radical (unpaired) electrons. The number of nitrogens with one attached hydrogen (secondary N) is 2. The van der Waals surface area contributed by atoms with Crippen molar-refractivity contribution in [2.24, 2.45) is 0 Å². The number of rotatable bonds is 4. The Morgan fingerprint density at radius 1 is 1.56 bits per heavy atom. The number of hydrogen-bond acceptors (Lipinski definition) is 6. The molecule has 2 rings (SSSR count). The summed E-state index contributed by atoms with van der Waals surface area (Å²) in [5.41, 5.74) is 1.60. The molecule has 1 fully saturated rings. The molecule has 3 amide bonds. The van der Waals surface area contributed by atoms with E-state index in [0.717, 1.165) is 17.2 Å². The average molecular weight is 258 g/mol. The third kappa shape index (κ3) is 3.78. The standard InChI is InChI=1S/C8H10N4O2S2/c13-6(3-15-8-12-9-4-16-8)11-7(14)10-5-1-2-5/h4-5H,1-3H2,(H2,10,11,13,14). The van der Waals surface area contributed by atoms with Gasteiger partial charge in [0.2, 0.25) is 5.91 Å². The first-order chi connectivity index (χ1) is 7.74. The molecule has 1 heterocycles. The number of aromatic nitrogens is 2. The molecule has 0 bridgehead atoms. The van der Waals surface area contributed by atoms with Crippen molar-refractivity contribution in [1.29, 1.82) is 0 Å². The van der Waals surface area contributed by atoms with Crippen LogP contribution in [0.1, 0.15) is 12.8 Å². The number of urea groups is 1. The number of carbonyl (C=O) groups is 2. The highest BCUT2D eigenvalue weighted by atomic mass is 32.2. The van der Waals surface area contributed by atoms with Crippen molar-refractivity contribution in [2.45, 2.75) is 23.2 Å². The highest BCUT2D eigenvalue weighted by Crippen LogP contribution is 2.19. The number of thioether (sulfide) groups is 1. The summed E-state index contributed by atoms with van der Waals surface area (Å²) in [6.07, 6.45) is 2.00. The van der Waals surface area contributed by atoms with Crippen LogP contribution in [0.25, 0.3) is 0 Å². The van der Waals surface area contributed by atoms with Gasteiger partial charge in [-0.25, -0.2) is 4.79 Å². The van der Waals surface area contributed by atoms with Crippen molar-refractivity contribution in [3.63, 3.8) is 0 Å². The molecule has 16 heavy (non-hydrogen) atoms. The van der Waals surface area contributed by atoms with Crippen LogP contribution in [0, 0.1) is 0 Å². The lowest BCUT2D eigenvalue weighted by Gasteiger charge is -2.03. The van der Waals surface area contributed by atoms with Crippen LogP contribution in [0.15, 0.2) is 9.85 Å². The lowest BCUT2D eigenvalue weighted by atomic mass is 10.6. The molecule has 6 nitrogen and oxygen atoms in total. The zero-order valence-electron chi connectivity index (χ0n) is 8.30. The summed E-state index contributed by atoms with van der Waals surface area (Å²) >= 11 is 2.63. The van der Waals surface area contributed by atoms with Gasteiger partial charge in [-0.15, -0.1) is 10.2 Å². The molecule has 1 aromatic heterocycles. The number of nitrogens with zero attached hydrogens (tertiary/aromatic N) is 2. The van der Waals surface area contributed by atoms with E-state index in [1.165, 1.54) is 23.1 Å². The molecule has 8 heteroatoms. The van der Waals surface area contributed by atoms with E-state index in [1.807, 2.05) is 0 Å². The first-order valence-electron chi connectivity index (χ1n) is 4.73. The van der Waals surface area contributed by atoms with E-state index >= 15 is 0 Å². The predicted molar refractivity (Wildman–Crippen MR) is 60.3 cm³/mol. The molecule has 86 valence electrons. The molecule has 0 aliphatic heterocycles. The van der Waals surface area contributed by atoms with E-state index in [4.69, 9.17) is 0 Å². The summed E-state index contributed by atoms with van der Waals surface area (Å²) in [5.74, 6) is -0.147. The molecule has 1 saturated carbocycles. The van der Waals surface area contributed by atoms with E-state index in [0.29, 0.717) is 0 Å². The van der Waals surface area contributed by atoms with Crippen molar-refractivity contribution in [1.82, 2.24) is 20.8 Å². The second-order valence-electron chi connectivity index (χ2n) is 3.29. The minimum absolute atomic E-state index is 0.174. The van der Waals surface area contributed by atoms with Crippen molar-refractivity contribution < 1.29 is 9.59 Å². The van der Waals surface area contributed by atoms with E-state index in [2.05, 4.69) is 20.8 Å². The van der Waals surface area contributed by atoms with Crippen LogP contribution in [-0.2, 0) is 4.79 Å². The van der Waals surface area contributed by atoms with Gasteiger partial charge in [-0.05, 0) is 12.8 Å². The van der Waals surface area contributed by atoms with Crippen LogP contribution in [0.2, 0.25) is 0 Å². The Bertz CT molecular complexity index is 377. The second-order valence-corrected chi connectivity index (χ2v) is 5.34. The van der Waals surface area contributed by atoms with E-state index in [1.54, 1.807) is 5.51 Å². The summed E-state index contributed by atoms with van der Waals surface area (Å²) < 4.78 is 0.720. The predicted octanol–water partition coefficient (Wildman–Crippen LogP) is 0.618. The van der Waals surface area contributed by atoms with Crippen molar-refractivity contribution in [3.8, 4) is 0 Å². The van der Waals surface area contributed by atoms with Gasteiger partial charge in [-0.1, -0.05) is 23.1 Å². The first kappa shape index (κ1) is 11.3. The summed E-state index contributed by atoms with van der Waals surface area (Å²) in [4.78, 5) is 22.5. The molecular formula is C8H10N4O2S2. The molecule has 0 atom stereocenters. The Labute approximate surface area is 100 Å². The molecule has 0 spiro atoms. The third-order valence-corrected chi connectivity index (χ3v) is 3.69. The smallest absolute Gasteiger partial charge is 0.321 e. The SMILES string of the molecule is O=C(CSc1nncs1)NC(=O)NC1CC1. The largest absolute Gasteiger partial charge is 0.335 e. The zero-order chi connectivity index (χ0) is 11.4. The normalized spacial score (nSPS) is 14.5. The fourth-order valence-electron chi connectivity index (χ4n) is 0.965. The summed E-state index contributed by atoms with van der Waals surface area (Å²) in [6.45, 7) is 0. The fourth-order valence-corrected chi connectivity index (χ4v) is 2.25. The van der Waals surface area contributed by atoms with Gasteiger partial charge in [0.1, 0.15) is 5.51 Å². The minimum atomic E-state index is -0.412. The third-order valence-electron chi connectivity index (χ3n) is 1.83. The summed E-state index contributed by atoms with van der Waals surface area (Å²) in [5, 5.41) is 12.4. The Morgan fingerprint density at radius 3 is 3.00 bits per heavy atom. The summed E-state index contributed by atoms with van der Waals surface area (Å²) in [6, 6.07) is -0.158. The van der Waals surface area contributed by atoms with Crippen LogP contribution < -0.4 is 10.6 Å². The molecule has 1 aromatic rings. The van der Waals surface area contributed by atoms with Crippen LogP contribution in [-0.4, -0.2) is 33.9 Å². The Hall–Kier alpha value is -1.15.